The number of hydrogen-bond acceptors (Lipinski definition) is 4. The number of ether oxygens (including phenoxy) is 1. The second-order valence-electron chi connectivity index (χ2n) is 4.54. The fraction of sp³-hybridized carbons (Fsp3) is 0.133. The molecule has 1 aromatic heterocycles. The first-order valence-electron chi connectivity index (χ1n) is 6.37. The zero-order valence-electron chi connectivity index (χ0n) is 11.4. The van der Waals surface area contributed by atoms with Gasteiger partial charge in [0.15, 0.2) is 0 Å². The number of rotatable bonds is 4. The summed E-state index contributed by atoms with van der Waals surface area (Å²) in [5.41, 5.74) is 2.94. The molecule has 0 radical (unpaired) electrons. The van der Waals surface area contributed by atoms with Gasteiger partial charge in [0.2, 0.25) is 0 Å². The van der Waals surface area contributed by atoms with Crippen molar-refractivity contribution < 1.29 is 14.6 Å². The highest BCUT2D eigenvalue weighted by atomic mass is 16.5. The second kappa shape index (κ2) is 5.34. The van der Waals surface area contributed by atoms with Crippen LogP contribution < -0.4 is 0 Å². The third-order valence-corrected chi connectivity index (χ3v) is 3.23. The van der Waals surface area contributed by atoms with Gasteiger partial charge in [-0.3, -0.25) is 0 Å². The maximum atomic E-state index is 11.2. The molecule has 6 nitrogen and oxygen atoms in total. The number of para-hydroxylation sites is 1. The highest BCUT2D eigenvalue weighted by Gasteiger charge is 2.15. The average molecular weight is 283 g/mol. The molecule has 6 heteroatoms. The third kappa shape index (κ3) is 2.25. The first-order chi connectivity index (χ1) is 10.2. The quantitative estimate of drug-likeness (QED) is 0.794. The zero-order valence-corrected chi connectivity index (χ0v) is 11.4. The van der Waals surface area contributed by atoms with Crippen molar-refractivity contribution in [2.24, 2.45) is 0 Å². The van der Waals surface area contributed by atoms with Gasteiger partial charge in [-0.15, -0.1) is 5.10 Å². The van der Waals surface area contributed by atoms with Crippen LogP contribution in [0, 0.1) is 0 Å². The minimum atomic E-state index is -1.02. The summed E-state index contributed by atoms with van der Waals surface area (Å²) in [4.78, 5) is 11.2. The number of carbonyl (C=O) groups is 1. The monoisotopic (exact) mass is 283 g/mol. The molecule has 0 unspecified atom stereocenters. The van der Waals surface area contributed by atoms with Gasteiger partial charge in [0.25, 0.3) is 0 Å². The van der Waals surface area contributed by atoms with Gasteiger partial charge in [-0.05, 0) is 18.2 Å². The van der Waals surface area contributed by atoms with Crippen molar-refractivity contribution in [3.05, 3.63) is 53.6 Å². The summed E-state index contributed by atoms with van der Waals surface area (Å²) in [5.74, 6) is -1.02. The van der Waals surface area contributed by atoms with Crippen LogP contribution >= 0.6 is 0 Å². The summed E-state index contributed by atoms with van der Waals surface area (Å²) in [6.07, 6.45) is 0. The van der Waals surface area contributed by atoms with E-state index in [1.165, 1.54) is 6.07 Å². The van der Waals surface area contributed by atoms with Crippen LogP contribution in [0.3, 0.4) is 0 Å². The summed E-state index contributed by atoms with van der Waals surface area (Å²) >= 11 is 0. The lowest BCUT2D eigenvalue weighted by molar-refractivity contribution is 0.0699. The van der Waals surface area contributed by atoms with E-state index in [1.54, 1.807) is 23.9 Å². The SMILES string of the molecule is COCc1ccccc1-n1nnc2c(C(=O)O)cccc21. The van der Waals surface area contributed by atoms with Crippen LogP contribution in [0.1, 0.15) is 15.9 Å². The molecule has 21 heavy (non-hydrogen) atoms. The highest BCUT2D eigenvalue weighted by molar-refractivity contribution is 6.00. The number of aromatic nitrogens is 3. The highest BCUT2D eigenvalue weighted by Crippen LogP contribution is 2.22. The van der Waals surface area contributed by atoms with E-state index >= 15 is 0 Å². The Kier molecular flexibility index (Phi) is 3.37. The van der Waals surface area contributed by atoms with Gasteiger partial charge in [-0.2, -0.15) is 0 Å². The number of hydrogen-bond donors (Lipinski definition) is 1. The predicted molar refractivity (Wildman–Crippen MR) is 76.5 cm³/mol. The Hall–Kier alpha value is -2.73. The van der Waals surface area contributed by atoms with Crippen molar-refractivity contribution in [1.82, 2.24) is 15.0 Å². The van der Waals surface area contributed by atoms with E-state index < -0.39 is 5.97 Å². The first-order valence-corrected chi connectivity index (χ1v) is 6.37. The van der Waals surface area contributed by atoms with Gasteiger partial charge in [0.1, 0.15) is 5.52 Å². The summed E-state index contributed by atoms with van der Waals surface area (Å²) in [6, 6.07) is 12.6. The number of methoxy groups -OCH3 is 1. The Balaban J connectivity index is 2.23. The minimum absolute atomic E-state index is 0.142. The van der Waals surface area contributed by atoms with Crippen LogP contribution in [-0.4, -0.2) is 33.2 Å². The molecule has 0 atom stereocenters. The number of aromatic carboxylic acids is 1. The molecule has 1 N–H and O–H groups in total. The van der Waals surface area contributed by atoms with E-state index in [-0.39, 0.29) is 5.56 Å². The Bertz CT molecular complexity index is 811. The van der Waals surface area contributed by atoms with E-state index in [0.717, 1.165) is 11.3 Å². The fourth-order valence-electron chi connectivity index (χ4n) is 2.29. The zero-order chi connectivity index (χ0) is 14.8. The van der Waals surface area contributed by atoms with Crippen molar-refractivity contribution in [2.75, 3.05) is 7.11 Å². The van der Waals surface area contributed by atoms with Gasteiger partial charge in [-0.25, -0.2) is 9.48 Å². The third-order valence-electron chi connectivity index (χ3n) is 3.23. The van der Waals surface area contributed by atoms with Crippen molar-refractivity contribution in [3.8, 4) is 5.69 Å². The van der Waals surface area contributed by atoms with E-state index in [2.05, 4.69) is 10.3 Å². The minimum Gasteiger partial charge on any atom is -0.478 e. The summed E-state index contributed by atoms with van der Waals surface area (Å²) in [5, 5.41) is 17.3. The lowest BCUT2D eigenvalue weighted by atomic mass is 10.1. The Morgan fingerprint density at radius 2 is 2.05 bits per heavy atom. The van der Waals surface area contributed by atoms with Crippen LogP contribution in [0.25, 0.3) is 16.7 Å². The van der Waals surface area contributed by atoms with E-state index in [0.29, 0.717) is 17.6 Å². The summed E-state index contributed by atoms with van der Waals surface area (Å²) in [6.45, 7) is 0.441. The lowest BCUT2D eigenvalue weighted by Crippen LogP contribution is -2.02. The Morgan fingerprint density at radius 1 is 1.24 bits per heavy atom. The molecule has 3 aromatic rings. The maximum Gasteiger partial charge on any atom is 0.338 e. The molecule has 0 aliphatic heterocycles. The number of nitrogens with zero attached hydrogens (tertiary/aromatic N) is 3. The molecule has 0 amide bonds. The number of fused-ring (bicyclic) bond motifs is 1. The van der Waals surface area contributed by atoms with Crippen LogP contribution in [0.4, 0.5) is 0 Å². The smallest absolute Gasteiger partial charge is 0.338 e. The fourth-order valence-corrected chi connectivity index (χ4v) is 2.29. The largest absolute Gasteiger partial charge is 0.478 e. The Morgan fingerprint density at radius 3 is 2.81 bits per heavy atom. The molecule has 0 aliphatic carbocycles. The molecular formula is C15H13N3O3. The van der Waals surface area contributed by atoms with Gasteiger partial charge < -0.3 is 9.84 Å². The molecule has 106 valence electrons. The average Bonchev–Trinajstić information content (AvgIpc) is 2.91. The van der Waals surface area contributed by atoms with Gasteiger partial charge >= 0.3 is 5.97 Å². The van der Waals surface area contributed by atoms with Gasteiger partial charge in [0.05, 0.1) is 23.4 Å². The molecule has 0 aliphatic rings. The van der Waals surface area contributed by atoms with Crippen molar-refractivity contribution >= 4 is 17.0 Å². The summed E-state index contributed by atoms with van der Waals surface area (Å²) < 4.78 is 6.82. The number of benzene rings is 2. The molecule has 0 saturated carbocycles. The predicted octanol–water partition coefficient (Wildman–Crippen LogP) is 2.27. The molecule has 0 fully saturated rings. The normalized spacial score (nSPS) is 10.9. The summed E-state index contributed by atoms with van der Waals surface area (Å²) in [7, 11) is 1.62. The topological polar surface area (TPSA) is 77.2 Å². The molecule has 0 bridgehead atoms. The van der Waals surface area contributed by atoms with Gasteiger partial charge in [0, 0.05) is 12.7 Å². The number of carboxylic acids is 1. The maximum absolute atomic E-state index is 11.2. The molecule has 3 rings (SSSR count). The van der Waals surface area contributed by atoms with Crippen molar-refractivity contribution in [3.63, 3.8) is 0 Å². The van der Waals surface area contributed by atoms with E-state index in [4.69, 9.17) is 4.74 Å². The van der Waals surface area contributed by atoms with Crippen molar-refractivity contribution in [1.29, 1.82) is 0 Å². The standard InChI is InChI=1S/C15H13N3O3/c1-21-9-10-5-2-3-7-12(10)18-13-8-4-6-11(15(19)20)14(13)16-17-18/h2-8H,9H2,1H3,(H,19,20). The van der Waals surface area contributed by atoms with E-state index in [1.807, 2.05) is 24.3 Å². The molecule has 2 aromatic carbocycles. The molecule has 0 saturated heterocycles. The second-order valence-corrected chi connectivity index (χ2v) is 4.54. The van der Waals surface area contributed by atoms with E-state index in [9.17, 15) is 9.90 Å². The van der Waals surface area contributed by atoms with Crippen LogP contribution in [-0.2, 0) is 11.3 Å². The number of carboxylic acid groups (broad SMARTS) is 1. The van der Waals surface area contributed by atoms with Crippen LogP contribution in [0.5, 0.6) is 0 Å². The molecule has 0 spiro atoms. The molecule has 1 heterocycles. The van der Waals surface area contributed by atoms with Gasteiger partial charge in [-0.1, -0.05) is 29.5 Å². The lowest BCUT2D eigenvalue weighted by Gasteiger charge is -2.08. The van der Waals surface area contributed by atoms with Crippen LogP contribution in [0.15, 0.2) is 42.5 Å². The van der Waals surface area contributed by atoms with Crippen LogP contribution in [0.2, 0.25) is 0 Å². The molecular weight excluding hydrogens is 270 g/mol. The first kappa shape index (κ1) is 13.3. The Labute approximate surface area is 120 Å². The van der Waals surface area contributed by atoms with Crippen molar-refractivity contribution in [2.45, 2.75) is 6.61 Å².